The van der Waals surface area contributed by atoms with E-state index in [1.54, 1.807) is 54.6 Å². The summed E-state index contributed by atoms with van der Waals surface area (Å²) in [6.45, 7) is 2.45. The zero-order valence-electron chi connectivity index (χ0n) is 21.4. The highest BCUT2D eigenvalue weighted by Crippen LogP contribution is 2.40. The van der Waals surface area contributed by atoms with Gasteiger partial charge in [0.25, 0.3) is 0 Å². The van der Waals surface area contributed by atoms with E-state index in [1.165, 1.54) is 6.08 Å². The molecule has 1 N–H and O–H groups in total. The Kier molecular flexibility index (Phi) is 8.01. The summed E-state index contributed by atoms with van der Waals surface area (Å²) in [5.41, 5.74) is 2.16. The Labute approximate surface area is 221 Å². The Morgan fingerprint density at radius 1 is 0.816 bits per heavy atom. The maximum absolute atomic E-state index is 15.0. The van der Waals surface area contributed by atoms with Crippen LogP contribution in [0.1, 0.15) is 79.7 Å². The maximum Gasteiger partial charge on any atom is 0.167 e. The summed E-state index contributed by atoms with van der Waals surface area (Å²) in [5, 5.41) is 10.3. The number of hydrogen-bond acceptors (Lipinski definition) is 2. The number of rotatable bonds is 8. The molecule has 3 aromatic rings. The van der Waals surface area contributed by atoms with E-state index in [-0.39, 0.29) is 40.7 Å². The SMILES string of the molecule is CCCC(O)C1CCC(c2ccc(/C=C/c3ccc(-c4ccc(C5CO5)c(F)c4F)cc3)c(F)c2F)CC1. The van der Waals surface area contributed by atoms with Gasteiger partial charge in [0.05, 0.1) is 12.7 Å². The summed E-state index contributed by atoms with van der Waals surface area (Å²) in [7, 11) is 0. The summed E-state index contributed by atoms with van der Waals surface area (Å²) >= 11 is 0. The average Bonchev–Trinajstić information content (AvgIpc) is 3.77. The molecule has 5 rings (SSSR count). The number of benzene rings is 3. The van der Waals surface area contributed by atoms with Gasteiger partial charge in [0.1, 0.15) is 6.10 Å². The molecule has 0 aromatic heterocycles. The number of epoxide rings is 1. The highest BCUT2D eigenvalue weighted by atomic mass is 19.2. The Morgan fingerprint density at radius 2 is 1.47 bits per heavy atom. The normalized spacial score (nSPS) is 22.1. The second kappa shape index (κ2) is 11.4. The molecule has 2 fully saturated rings. The third-order valence-corrected chi connectivity index (χ3v) is 7.95. The molecule has 2 nitrogen and oxygen atoms in total. The van der Waals surface area contributed by atoms with E-state index in [4.69, 9.17) is 4.74 Å². The summed E-state index contributed by atoms with van der Waals surface area (Å²) in [5.74, 6) is -3.30. The first-order chi connectivity index (χ1) is 18.4. The van der Waals surface area contributed by atoms with Crippen molar-refractivity contribution in [3.05, 3.63) is 94.1 Å². The van der Waals surface area contributed by atoms with Crippen LogP contribution in [-0.4, -0.2) is 17.8 Å². The van der Waals surface area contributed by atoms with Gasteiger partial charge in [0, 0.05) is 16.7 Å². The molecule has 3 aromatic carbocycles. The molecule has 200 valence electrons. The minimum absolute atomic E-state index is 0.0451. The standard InChI is InChI=1S/C32H32F4O2/c1-2-3-27(37)22-12-10-21(11-13-22)24-15-14-23(29(33)30(24)34)9-6-19-4-7-20(8-5-19)25-16-17-26(28-18-38-28)32(36)31(25)35/h4-9,14-17,21-22,27-28,37H,2-3,10-13,18H2,1H3/b9-6+. The predicted octanol–water partition coefficient (Wildman–Crippen LogP) is 8.59. The molecular formula is C32H32F4O2. The lowest BCUT2D eigenvalue weighted by Crippen LogP contribution is -2.25. The van der Waals surface area contributed by atoms with Gasteiger partial charge in [-0.3, -0.25) is 0 Å². The number of halogens is 4. The van der Waals surface area contributed by atoms with E-state index in [0.717, 1.165) is 38.5 Å². The van der Waals surface area contributed by atoms with E-state index in [2.05, 4.69) is 0 Å². The summed E-state index contributed by atoms with van der Waals surface area (Å²) in [6.07, 6.45) is 7.32. The smallest absolute Gasteiger partial charge is 0.167 e. The number of hydrogen-bond donors (Lipinski definition) is 1. The van der Waals surface area contributed by atoms with Crippen molar-refractivity contribution in [1.82, 2.24) is 0 Å². The molecule has 38 heavy (non-hydrogen) atoms. The van der Waals surface area contributed by atoms with E-state index in [0.29, 0.717) is 23.3 Å². The maximum atomic E-state index is 15.0. The van der Waals surface area contributed by atoms with Crippen LogP contribution in [0.25, 0.3) is 23.3 Å². The molecule has 1 saturated carbocycles. The first kappa shape index (κ1) is 26.6. The fraction of sp³-hybridized carbons (Fsp3) is 0.375. The molecule has 2 aliphatic rings. The van der Waals surface area contributed by atoms with Crippen LogP contribution in [0.15, 0.2) is 48.5 Å². The fourth-order valence-corrected chi connectivity index (χ4v) is 5.59. The van der Waals surface area contributed by atoms with Crippen molar-refractivity contribution in [2.45, 2.75) is 63.6 Å². The van der Waals surface area contributed by atoms with Crippen LogP contribution in [-0.2, 0) is 4.74 Å². The van der Waals surface area contributed by atoms with Gasteiger partial charge in [-0.1, -0.05) is 74.0 Å². The van der Waals surface area contributed by atoms with E-state index >= 15 is 4.39 Å². The first-order valence-electron chi connectivity index (χ1n) is 13.4. The molecule has 6 heteroatoms. The van der Waals surface area contributed by atoms with Crippen molar-refractivity contribution in [1.29, 1.82) is 0 Å². The Balaban J connectivity index is 1.26. The number of ether oxygens (including phenoxy) is 1. The first-order valence-corrected chi connectivity index (χ1v) is 13.4. The topological polar surface area (TPSA) is 32.8 Å². The zero-order valence-corrected chi connectivity index (χ0v) is 21.4. The summed E-state index contributed by atoms with van der Waals surface area (Å²) < 4.78 is 64.0. The molecule has 0 bridgehead atoms. The van der Waals surface area contributed by atoms with E-state index in [9.17, 15) is 18.3 Å². The quantitative estimate of drug-likeness (QED) is 0.182. The average molecular weight is 525 g/mol. The number of aliphatic hydroxyl groups is 1. The van der Waals surface area contributed by atoms with Crippen LogP contribution in [0.5, 0.6) is 0 Å². The molecular weight excluding hydrogens is 492 g/mol. The van der Waals surface area contributed by atoms with Crippen LogP contribution in [0, 0.1) is 29.2 Å². The molecule has 2 atom stereocenters. The molecule has 1 heterocycles. The Bertz CT molecular complexity index is 1310. The monoisotopic (exact) mass is 524 g/mol. The minimum atomic E-state index is -0.912. The predicted molar refractivity (Wildman–Crippen MR) is 141 cm³/mol. The second-order valence-electron chi connectivity index (χ2n) is 10.4. The highest BCUT2D eigenvalue weighted by Gasteiger charge is 2.31. The highest BCUT2D eigenvalue weighted by molar-refractivity contribution is 5.73. The van der Waals surface area contributed by atoms with Gasteiger partial charge >= 0.3 is 0 Å². The molecule has 1 saturated heterocycles. The van der Waals surface area contributed by atoms with Crippen molar-refractivity contribution >= 4 is 12.2 Å². The van der Waals surface area contributed by atoms with Gasteiger partial charge in [0.15, 0.2) is 23.3 Å². The van der Waals surface area contributed by atoms with Crippen molar-refractivity contribution in [2.24, 2.45) is 5.92 Å². The van der Waals surface area contributed by atoms with Gasteiger partial charge in [-0.15, -0.1) is 0 Å². The largest absolute Gasteiger partial charge is 0.393 e. The third kappa shape index (κ3) is 5.57. The van der Waals surface area contributed by atoms with Crippen molar-refractivity contribution in [2.75, 3.05) is 6.61 Å². The Morgan fingerprint density at radius 3 is 2.13 bits per heavy atom. The third-order valence-electron chi connectivity index (χ3n) is 7.95. The molecule has 2 unspecified atom stereocenters. The van der Waals surface area contributed by atoms with Crippen LogP contribution in [0.3, 0.4) is 0 Å². The van der Waals surface area contributed by atoms with Crippen molar-refractivity contribution < 1.29 is 27.4 Å². The molecule has 0 amide bonds. The van der Waals surface area contributed by atoms with Gasteiger partial charge < -0.3 is 9.84 Å². The van der Waals surface area contributed by atoms with Crippen LogP contribution < -0.4 is 0 Å². The minimum Gasteiger partial charge on any atom is -0.393 e. The van der Waals surface area contributed by atoms with Crippen LogP contribution in [0.2, 0.25) is 0 Å². The molecule has 0 spiro atoms. The van der Waals surface area contributed by atoms with Gasteiger partial charge in [-0.25, -0.2) is 17.6 Å². The summed E-state index contributed by atoms with van der Waals surface area (Å²) in [6, 6.07) is 13.1. The molecule has 0 radical (unpaired) electrons. The van der Waals surface area contributed by atoms with Crippen molar-refractivity contribution in [3.63, 3.8) is 0 Å². The number of aliphatic hydroxyl groups excluding tert-OH is 1. The second-order valence-corrected chi connectivity index (χ2v) is 10.4. The lowest BCUT2D eigenvalue weighted by Gasteiger charge is -2.32. The fourth-order valence-electron chi connectivity index (χ4n) is 5.59. The van der Waals surface area contributed by atoms with Gasteiger partial charge in [0.2, 0.25) is 0 Å². The van der Waals surface area contributed by atoms with Gasteiger partial charge in [-0.2, -0.15) is 0 Å². The lowest BCUT2D eigenvalue weighted by molar-refractivity contribution is 0.0727. The van der Waals surface area contributed by atoms with Crippen molar-refractivity contribution in [3.8, 4) is 11.1 Å². The van der Waals surface area contributed by atoms with Crippen LogP contribution >= 0.6 is 0 Å². The summed E-state index contributed by atoms with van der Waals surface area (Å²) in [4.78, 5) is 0. The van der Waals surface area contributed by atoms with Crippen LogP contribution in [0.4, 0.5) is 17.6 Å². The molecule has 1 aliphatic carbocycles. The van der Waals surface area contributed by atoms with E-state index in [1.807, 2.05) is 6.92 Å². The Hall–Kier alpha value is -2.96. The zero-order chi connectivity index (χ0) is 26.8. The lowest BCUT2D eigenvalue weighted by atomic mass is 9.76. The van der Waals surface area contributed by atoms with Gasteiger partial charge in [-0.05, 0) is 60.6 Å². The van der Waals surface area contributed by atoms with E-state index < -0.39 is 23.3 Å². The molecule has 1 aliphatic heterocycles.